The predicted molar refractivity (Wildman–Crippen MR) is 113 cm³/mol. The van der Waals surface area contributed by atoms with Crippen molar-refractivity contribution in [3.05, 3.63) is 47.8 Å². The van der Waals surface area contributed by atoms with Crippen LogP contribution < -0.4 is 11.1 Å². The second-order valence-electron chi connectivity index (χ2n) is 7.97. The fourth-order valence-corrected chi connectivity index (χ4v) is 3.93. The van der Waals surface area contributed by atoms with Gasteiger partial charge in [0.25, 0.3) is 0 Å². The number of H-pyrrole nitrogens is 1. The van der Waals surface area contributed by atoms with E-state index in [2.05, 4.69) is 25.3 Å². The van der Waals surface area contributed by atoms with Gasteiger partial charge in [0.1, 0.15) is 17.3 Å². The summed E-state index contributed by atoms with van der Waals surface area (Å²) in [7, 11) is 1.91. The van der Waals surface area contributed by atoms with Gasteiger partial charge in [-0.25, -0.2) is 15.0 Å². The normalized spacial score (nSPS) is 18.2. The van der Waals surface area contributed by atoms with E-state index in [1.54, 1.807) is 18.2 Å². The summed E-state index contributed by atoms with van der Waals surface area (Å²) in [5, 5.41) is 2.88. The Hall–Kier alpha value is -3.54. The number of primary amides is 1. The number of piperidine rings is 1. The number of imidazole rings is 1. The molecular formula is C21H22F3N7O2. The molecule has 4 N–H and O–H groups in total. The van der Waals surface area contributed by atoms with Gasteiger partial charge in [-0.15, -0.1) is 0 Å². The van der Waals surface area contributed by atoms with E-state index in [0.717, 1.165) is 32.0 Å². The third-order valence-electron chi connectivity index (χ3n) is 5.62. The summed E-state index contributed by atoms with van der Waals surface area (Å²) in [6.45, 7) is 0.854. The highest BCUT2D eigenvalue weighted by Crippen LogP contribution is 2.30. The fraction of sp³-hybridized carbons (Fsp3) is 0.381. The van der Waals surface area contributed by atoms with Crippen LogP contribution in [0.2, 0.25) is 0 Å². The Kier molecular flexibility index (Phi) is 6.02. The van der Waals surface area contributed by atoms with Crippen LogP contribution >= 0.6 is 0 Å². The van der Waals surface area contributed by atoms with Crippen LogP contribution in [0.4, 0.5) is 18.9 Å². The van der Waals surface area contributed by atoms with Gasteiger partial charge in [0.2, 0.25) is 11.8 Å². The highest BCUT2D eigenvalue weighted by atomic mass is 19.4. The van der Waals surface area contributed by atoms with Gasteiger partial charge in [-0.1, -0.05) is 6.42 Å². The molecule has 2 atom stereocenters. The Labute approximate surface area is 186 Å². The number of likely N-dealkylation sites (N-methyl/N-ethyl adjacent to an activating group) is 1. The zero-order valence-corrected chi connectivity index (χ0v) is 17.7. The highest BCUT2D eigenvalue weighted by Gasteiger charge is 2.35. The molecule has 1 fully saturated rings. The number of carbonyl (C=O) groups excluding carboxylic acids is 2. The minimum atomic E-state index is -4.70. The number of nitrogens with zero attached hydrogens (tertiary/aromatic N) is 4. The van der Waals surface area contributed by atoms with Crippen molar-refractivity contribution in [3.63, 3.8) is 0 Å². The summed E-state index contributed by atoms with van der Waals surface area (Å²) in [5.74, 6) is -2.89. The number of hydrogen-bond acceptors (Lipinski definition) is 6. The zero-order chi connectivity index (χ0) is 23.8. The Bertz CT molecular complexity index is 1190. The third kappa shape index (κ3) is 4.80. The standard InChI is InChI=1S/C21H22F3N7O2/c1-31-9-3-2-4-14(31)20(33)27-11-5-6-12-13(10-11)29-19(28-12)16(17(25)32)18-26-8-7-15(30-18)21(22,23)24/h5-8,10,14,16H,2-4,9H2,1H3,(H2,25,32)(H,27,33)(H,28,29)/t14-,16?/m0/s1. The van der Waals surface area contributed by atoms with Crippen LogP contribution in [0.25, 0.3) is 11.0 Å². The predicted octanol–water partition coefficient (Wildman–Crippen LogP) is 2.41. The number of carbonyl (C=O) groups is 2. The minimum absolute atomic E-state index is 0.00677. The molecule has 1 unspecified atom stereocenters. The lowest BCUT2D eigenvalue weighted by atomic mass is 10.0. The molecule has 4 rings (SSSR count). The molecule has 1 saturated heterocycles. The number of benzene rings is 1. The Morgan fingerprint density at radius 1 is 1.24 bits per heavy atom. The summed E-state index contributed by atoms with van der Waals surface area (Å²) in [4.78, 5) is 41.2. The van der Waals surface area contributed by atoms with Gasteiger partial charge >= 0.3 is 6.18 Å². The van der Waals surface area contributed by atoms with Gasteiger partial charge in [0.05, 0.1) is 17.1 Å². The zero-order valence-electron chi connectivity index (χ0n) is 17.7. The van der Waals surface area contributed by atoms with Gasteiger partial charge in [0, 0.05) is 11.9 Å². The van der Waals surface area contributed by atoms with Crippen molar-refractivity contribution in [2.75, 3.05) is 18.9 Å². The van der Waals surface area contributed by atoms with Crippen molar-refractivity contribution < 1.29 is 22.8 Å². The number of fused-ring (bicyclic) bond motifs is 1. The van der Waals surface area contributed by atoms with Gasteiger partial charge in [-0.3, -0.25) is 14.5 Å². The molecule has 0 aliphatic carbocycles. The molecule has 0 bridgehead atoms. The second kappa shape index (κ2) is 8.77. The van der Waals surface area contributed by atoms with Crippen LogP contribution in [-0.4, -0.2) is 56.3 Å². The maximum atomic E-state index is 13.0. The number of alkyl halides is 3. The summed E-state index contributed by atoms with van der Waals surface area (Å²) in [5.41, 5.74) is 5.70. The van der Waals surface area contributed by atoms with E-state index in [4.69, 9.17) is 5.73 Å². The number of nitrogens with one attached hydrogen (secondary N) is 2. The molecule has 1 aromatic carbocycles. The topological polar surface area (TPSA) is 130 Å². The van der Waals surface area contributed by atoms with E-state index in [-0.39, 0.29) is 17.8 Å². The molecule has 9 nitrogen and oxygen atoms in total. The van der Waals surface area contributed by atoms with E-state index < -0.39 is 29.5 Å². The van der Waals surface area contributed by atoms with Crippen LogP contribution in [-0.2, 0) is 15.8 Å². The molecule has 174 valence electrons. The van der Waals surface area contributed by atoms with Gasteiger partial charge in [0.15, 0.2) is 5.92 Å². The molecule has 1 aliphatic heterocycles. The summed E-state index contributed by atoms with van der Waals surface area (Å²) >= 11 is 0. The van der Waals surface area contributed by atoms with E-state index in [0.29, 0.717) is 22.8 Å². The molecule has 3 heterocycles. The molecule has 1 aliphatic rings. The maximum Gasteiger partial charge on any atom is 0.433 e. The van der Waals surface area contributed by atoms with E-state index in [9.17, 15) is 22.8 Å². The van der Waals surface area contributed by atoms with Crippen LogP contribution in [0, 0.1) is 0 Å². The molecule has 3 aromatic rings. The molecular weight excluding hydrogens is 439 g/mol. The first-order chi connectivity index (χ1) is 15.6. The number of nitrogens with two attached hydrogens (primary N) is 1. The highest BCUT2D eigenvalue weighted by molar-refractivity contribution is 5.96. The SMILES string of the molecule is CN1CCCC[C@H]1C(=O)Nc1ccc2nc(C(C(N)=O)c3nccc(C(F)(F)F)n3)[nH]c2c1. The molecule has 0 radical (unpaired) electrons. The number of anilines is 1. The lowest BCUT2D eigenvalue weighted by Gasteiger charge is -2.31. The van der Waals surface area contributed by atoms with E-state index in [1.807, 2.05) is 11.9 Å². The van der Waals surface area contributed by atoms with Crippen LogP contribution in [0.1, 0.15) is 42.5 Å². The average Bonchev–Trinajstić information content (AvgIpc) is 3.16. The van der Waals surface area contributed by atoms with Gasteiger partial charge in [-0.2, -0.15) is 13.2 Å². The number of likely N-dealkylation sites (tertiary alicyclic amines) is 1. The largest absolute Gasteiger partial charge is 0.433 e. The maximum absolute atomic E-state index is 13.0. The quantitative estimate of drug-likeness (QED) is 0.535. The number of amides is 2. The first kappa shape index (κ1) is 22.6. The van der Waals surface area contributed by atoms with E-state index in [1.165, 1.54) is 0 Å². The Morgan fingerprint density at radius 3 is 2.73 bits per heavy atom. The molecule has 33 heavy (non-hydrogen) atoms. The van der Waals surface area contributed by atoms with Crippen molar-refractivity contribution in [2.24, 2.45) is 5.73 Å². The van der Waals surface area contributed by atoms with Gasteiger partial charge < -0.3 is 16.0 Å². The first-order valence-corrected chi connectivity index (χ1v) is 10.3. The van der Waals surface area contributed by atoms with Gasteiger partial charge in [-0.05, 0) is 50.7 Å². The molecule has 0 saturated carbocycles. The smallest absolute Gasteiger partial charge is 0.369 e. The Balaban J connectivity index is 1.62. The van der Waals surface area contributed by atoms with Crippen LogP contribution in [0.15, 0.2) is 30.5 Å². The minimum Gasteiger partial charge on any atom is -0.369 e. The van der Waals surface area contributed by atoms with Crippen molar-refractivity contribution in [2.45, 2.75) is 37.4 Å². The van der Waals surface area contributed by atoms with Crippen molar-refractivity contribution in [3.8, 4) is 0 Å². The van der Waals surface area contributed by atoms with Crippen LogP contribution in [0.3, 0.4) is 0 Å². The van der Waals surface area contributed by atoms with Crippen LogP contribution in [0.5, 0.6) is 0 Å². The monoisotopic (exact) mass is 461 g/mol. The summed E-state index contributed by atoms with van der Waals surface area (Å²) < 4.78 is 39.1. The average molecular weight is 461 g/mol. The number of rotatable bonds is 5. The fourth-order valence-electron chi connectivity index (χ4n) is 3.93. The lowest BCUT2D eigenvalue weighted by Crippen LogP contribution is -2.44. The van der Waals surface area contributed by atoms with Crippen molar-refractivity contribution in [1.82, 2.24) is 24.8 Å². The number of aromatic nitrogens is 4. The molecule has 0 spiro atoms. The molecule has 2 aromatic heterocycles. The van der Waals surface area contributed by atoms with Crippen molar-refractivity contribution >= 4 is 28.5 Å². The second-order valence-corrected chi connectivity index (χ2v) is 7.97. The number of halogens is 3. The van der Waals surface area contributed by atoms with Crippen molar-refractivity contribution in [1.29, 1.82) is 0 Å². The number of hydrogen-bond donors (Lipinski definition) is 3. The summed E-state index contributed by atoms with van der Waals surface area (Å²) in [6, 6.07) is 5.41. The molecule has 12 heteroatoms. The molecule has 2 amide bonds. The summed E-state index contributed by atoms with van der Waals surface area (Å²) in [6.07, 6.45) is -0.972. The van der Waals surface area contributed by atoms with E-state index >= 15 is 0 Å². The number of aromatic amines is 1. The first-order valence-electron chi connectivity index (χ1n) is 10.3. The Morgan fingerprint density at radius 2 is 2.03 bits per heavy atom. The lowest BCUT2D eigenvalue weighted by molar-refractivity contribution is -0.141. The third-order valence-corrected chi connectivity index (χ3v) is 5.62.